The lowest BCUT2D eigenvalue weighted by molar-refractivity contribution is 0.152. The fraction of sp³-hybridized carbons (Fsp3) is 0.269. The minimum Gasteiger partial charge on any atom is -0.371 e. The third-order valence-electron chi connectivity index (χ3n) is 6.27. The van der Waals surface area contributed by atoms with Gasteiger partial charge in [-0.25, -0.2) is 0 Å². The SMILES string of the molecule is Clc1ccc2c(N3CCC(N(Cc4ccncc4)Cc4ccncc4)CC3)ccnc2c1. The number of aromatic nitrogens is 3. The number of piperidine rings is 1. The van der Waals surface area contributed by atoms with E-state index in [1.807, 2.05) is 43.1 Å². The fourth-order valence-electron chi connectivity index (χ4n) is 4.61. The Bertz CT molecular complexity index is 1120. The smallest absolute Gasteiger partial charge is 0.0737 e. The molecular formula is C26H26ClN5. The summed E-state index contributed by atoms with van der Waals surface area (Å²) in [7, 11) is 0. The minimum absolute atomic E-state index is 0.523. The van der Waals surface area contributed by atoms with E-state index in [1.165, 1.54) is 22.2 Å². The van der Waals surface area contributed by atoms with Gasteiger partial charge in [0.2, 0.25) is 0 Å². The maximum atomic E-state index is 6.18. The zero-order valence-corrected chi connectivity index (χ0v) is 18.7. The van der Waals surface area contributed by atoms with Gasteiger partial charge in [0.05, 0.1) is 5.52 Å². The van der Waals surface area contributed by atoms with Crippen LogP contribution >= 0.6 is 11.6 Å². The van der Waals surface area contributed by atoms with Gasteiger partial charge < -0.3 is 4.90 Å². The van der Waals surface area contributed by atoms with Crippen LogP contribution in [0, 0.1) is 0 Å². The molecule has 5 nitrogen and oxygen atoms in total. The molecule has 32 heavy (non-hydrogen) atoms. The van der Waals surface area contributed by atoms with Crippen molar-refractivity contribution in [3.05, 3.63) is 95.7 Å². The third-order valence-corrected chi connectivity index (χ3v) is 6.51. The molecule has 0 unspecified atom stereocenters. The topological polar surface area (TPSA) is 45.2 Å². The van der Waals surface area contributed by atoms with Crippen molar-refractivity contribution in [3.63, 3.8) is 0 Å². The molecule has 0 radical (unpaired) electrons. The third kappa shape index (κ3) is 4.74. The maximum absolute atomic E-state index is 6.18. The Kier molecular flexibility index (Phi) is 6.28. The van der Waals surface area contributed by atoms with Gasteiger partial charge in [0, 0.05) is 79.3 Å². The highest BCUT2D eigenvalue weighted by Gasteiger charge is 2.26. The number of hydrogen-bond donors (Lipinski definition) is 0. The number of hydrogen-bond acceptors (Lipinski definition) is 5. The summed E-state index contributed by atoms with van der Waals surface area (Å²) >= 11 is 6.18. The number of pyridine rings is 3. The summed E-state index contributed by atoms with van der Waals surface area (Å²) in [6, 6.07) is 17.1. The number of rotatable bonds is 6. The summed E-state index contributed by atoms with van der Waals surface area (Å²) in [6.45, 7) is 3.89. The molecular weight excluding hydrogens is 418 g/mol. The maximum Gasteiger partial charge on any atom is 0.0737 e. The predicted octanol–water partition coefficient (Wildman–Crippen LogP) is 5.35. The molecule has 6 heteroatoms. The molecule has 0 amide bonds. The minimum atomic E-state index is 0.523. The van der Waals surface area contributed by atoms with Gasteiger partial charge in [0.15, 0.2) is 0 Å². The molecule has 1 saturated heterocycles. The van der Waals surface area contributed by atoms with Crippen LogP contribution in [-0.4, -0.2) is 39.0 Å². The molecule has 1 aliphatic heterocycles. The standard InChI is InChI=1S/C26H26ClN5/c27-22-1-2-24-25(17-22)30-14-7-26(24)31-15-8-23(9-16-31)32(18-20-3-10-28-11-4-20)19-21-5-12-29-13-6-21/h1-7,10-14,17,23H,8-9,15-16,18-19H2. The Labute approximate surface area is 193 Å². The van der Waals surface area contributed by atoms with Gasteiger partial charge in [-0.1, -0.05) is 11.6 Å². The Morgan fingerprint density at radius 3 is 2.06 bits per heavy atom. The van der Waals surface area contributed by atoms with Gasteiger partial charge in [0.1, 0.15) is 0 Å². The van der Waals surface area contributed by atoms with E-state index in [2.05, 4.69) is 61.1 Å². The van der Waals surface area contributed by atoms with Gasteiger partial charge >= 0.3 is 0 Å². The second-order valence-electron chi connectivity index (χ2n) is 8.33. The average molecular weight is 444 g/mol. The molecule has 1 aromatic carbocycles. The van der Waals surface area contributed by atoms with Crippen LogP contribution in [0.15, 0.2) is 79.5 Å². The first-order valence-corrected chi connectivity index (χ1v) is 11.4. The number of halogens is 1. The quantitative estimate of drug-likeness (QED) is 0.402. The number of anilines is 1. The van der Waals surface area contributed by atoms with Gasteiger partial charge in [0.25, 0.3) is 0 Å². The van der Waals surface area contributed by atoms with E-state index in [0.717, 1.165) is 49.6 Å². The Balaban J connectivity index is 1.33. The van der Waals surface area contributed by atoms with Crippen LogP contribution in [0.5, 0.6) is 0 Å². The number of fused-ring (bicyclic) bond motifs is 1. The predicted molar refractivity (Wildman–Crippen MR) is 130 cm³/mol. The summed E-state index contributed by atoms with van der Waals surface area (Å²) in [5.74, 6) is 0. The first kappa shape index (κ1) is 20.9. The molecule has 3 aromatic heterocycles. The van der Waals surface area contributed by atoms with Crippen molar-refractivity contribution < 1.29 is 0 Å². The lowest BCUT2D eigenvalue weighted by Gasteiger charge is -2.40. The van der Waals surface area contributed by atoms with Crippen LogP contribution < -0.4 is 4.90 Å². The molecule has 0 atom stereocenters. The van der Waals surface area contributed by atoms with Gasteiger partial charge in [-0.05, 0) is 72.5 Å². The van der Waals surface area contributed by atoms with Crippen molar-refractivity contribution >= 4 is 28.2 Å². The van der Waals surface area contributed by atoms with E-state index in [1.54, 1.807) is 0 Å². The van der Waals surface area contributed by atoms with Crippen LogP contribution in [-0.2, 0) is 13.1 Å². The van der Waals surface area contributed by atoms with E-state index in [4.69, 9.17) is 11.6 Å². The van der Waals surface area contributed by atoms with E-state index >= 15 is 0 Å². The molecule has 4 aromatic rings. The van der Waals surface area contributed by atoms with Crippen molar-refractivity contribution in [1.82, 2.24) is 19.9 Å². The van der Waals surface area contributed by atoms with Crippen LogP contribution in [0.25, 0.3) is 10.9 Å². The van der Waals surface area contributed by atoms with Gasteiger partial charge in [-0.15, -0.1) is 0 Å². The lowest BCUT2D eigenvalue weighted by atomic mass is 10.00. The van der Waals surface area contributed by atoms with Crippen molar-refractivity contribution in [3.8, 4) is 0 Å². The van der Waals surface area contributed by atoms with E-state index in [-0.39, 0.29) is 0 Å². The van der Waals surface area contributed by atoms with E-state index in [0.29, 0.717) is 6.04 Å². The average Bonchev–Trinajstić information content (AvgIpc) is 2.84. The summed E-state index contributed by atoms with van der Waals surface area (Å²) in [5.41, 5.74) is 4.80. The van der Waals surface area contributed by atoms with Crippen molar-refractivity contribution in [2.75, 3.05) is 18.0 Å². The summed E-state index contributed by atoms with van der Waals surface area (Å²) < 4.78 is 0. The molecule has 0 spiro atoms. The number of benzene rings is 1. The normalized spacial score (nSPS) is 14.9. The highest BCUT2D eigenvalue weighted by atomic mass is 35.5. The van der Waals surface area contributed by atoms with Crippen molar-refractivity contribution in [2.24, 2.45) is 0 Å². The van der Waals surface area contributed by atoms with Crippen LogP contribution in [0.3, 0.4) is 0 Å². The molecule has 0 bridgehead atoms. The molecule has 1 aliphatic rings. The van der Waals surface area contributed by atoms with Crippen molar-refractivity contribution in [2.45, 2.75) is 32.0 Å². The Hall–Kier alpha value is -3.02. The second kappa shape index (κ2) is 9.63. The largest absolute Gasteiger partial charge is 0.371 e. The van der Waals surface area contributed by atoms with E-state index in [9.17, 15) is 0 Å². The molecule has 0 saturated carbocycles. The molecule has 4 heterocycles. The van der Waals surface area contributed by atoms with Crippen molar-refractivity contribution in [1.29, 1.82) is 0 Å². The zero-order valence-electron chi connectivity index (χ0n) is 17.9. The van der Waals surface area contributed by atoms with Crippen LogP contribution in [0.1, 0.15) is 24.0 Å². The Morgan fingerprint density at radius 1 is 0.812 bits per heavy atom. The highest BCUT2D eigenvalue weighted by Crippen LogP contribution is 2.31. The zero-order chi connectivity index (χ0) is 21.8. The molecule has 0 N–H and O–H groups in total. The summed E-state index contributed by atoms with van der Waals surface area (Å²) in [5, 5.41) is 1.89. The highest BCUT2D eigenvalue weighted by molar-refractivity contribution is 6.31. The monoisotopic (exact) mass is 443 g/mol. The first-order chi connectivity index (χ1) is 15.8. The first-order valence-electron chi connectivity index (χ1n) is 11.1. The second-order valence-corrected chi connectivity index (χ2v) is 8.76. The lowest BCUT2D eigenvalue weighted by Crippen LogP contribution is -2.44. The summed E-state index contributed by atoms with van der Waals surface area (Å²) in [4.78, 5) is 18.0. The van der Waals surface area contributed by atoms with E-state index < -0.39 is 0 Å². The molecule has 0 aliphatic carbocycles. The number of nitrogens with zero attached hydrogens (tertiary/aromatic N) is 5. The van der Waals surface area contributed by atoms with Gasteiger partial charge in [-0.3, -0.25) is 19.9 Å². The van der Waals surface area contributed by atoms with Crippen LogP contribution in [0.2, 0.25) is 5.02 Å². The van der Waals surface area contributed by atoms with Gasteiger partial charge in [-0.2, -0.15) is 0 Å². The Morgan fingerprint density at radius 2 is 1.44 bits per heavy atom. The molecule has 1 fully saturated rings. The molecule has 5 rings (SSSR count). The molecule has 162 valence electrons. The van der Waals surface area contributed by atoms with Crippen LogP contribution in [0.4, 0.5) is 5.69 Å². The summed E-state index contributed by atoms with van der Waals surface area (Å²) in [6.07, 6.45) is 11.6. The fourth-order valence-corrected chi connectivity index (χ4v) is 4.78.